The van der Waals surface area contributed by atoms with Gasteiger partial charge in [-0.25, -0.2) is 15.6 Å². The lowest BCUT2D eigenvalue weighted by molar-refractivity contribution is 0.257. The van der Waals surface area contributed by atoms with Crippen LogP contribution in [0.25, 0.3) is 0 Å². The highest BCUT2D eigenvalue weighted by Crippen LogP contribution is 2.12. The number of carbonyl (C=O) groups is 1. The van der Waals surface area contributed by atoms with Crippen LogP contribution in [0.4, 0.5) is 16.2 Å². The molecule has 0 spiro atoms. The molecule has 0 saturated heterocycles. The zero-order chi connectivity index (χ0) is 12.1. The Hall–Kier alpha value is -2.33. The van der Waals surface area contributed by atoms with Crippen LogP contribution >= 0.6 is 0 Å². The molecule has 0 aliphatic heterocycles. The van der Waals surface area contributed by atoms with Crippen molar-refractivity contribution in [2.45, 2.75) is 0 Å². The zero-order valence-corrected chi connectivity index (χ0v) is 9.21. The minimum Gasteiger partial charge on any atom is -0.306 e. The van der Waals surface area contributed by atoms with Gasteiger partial charge in [0.25, 0.3) is 0 Å². The third kappa shape index (κ3) is 2.83. The fraction of sp³-hybridized carbons (Fsp3) is 0. The molecule has 2 rings (SSSR count). The van der Waals surface area contributed by atoms with Crippen LogP contribution in [-0.4, -0.2) is 6.03 Å². The summed E-state index contributed by atoms with van der Waals surface area (Å²) in [4.78, 5) is 11.8. The summed E-state index contributed by atoms with van der Waals surface area (Å²) >= 11 is 0. The first kappa shape index (κ1) is 11.2. The molecule has 3 N–H and O–H groups in total. The van der Waals surface area contributed by atoms with Crippen molar-refractivity contribution in [1.82, 2.24) is 0 Å². The topological polar surface area (TPSA) is 58.4 Å². The molecular formula is C13H13N3O. The number of carbonyl (C=O) groups excluding carboxylic acids is 1. The molecule has 0 heterocycles. The van der Waals surface area contributed by atoms with Gasteiger partial charge in [0.15, 0.2) is 0 Å². The van der Waals surface area contributed by atoms with Gasteiger partial charge >= 0.3 is 6.03 Å². The number of nitrogens with two attached hydrogens (primary N) is 1. The van der Waals surface area contributed by atoms with Gasteiger partial charge in [0, 0.05) is 5.69 Å². The van der Waals surface area contributed by atoms with Crippen LogP contribution in [0.15, 0.2) is 60.7 Å². The van der Waals surface area contributed by atoms with Gasteiger partial charge in [0.1, 0.15) is 0 Å². The minimum absolute atomic E-state index is 0.373. The number of para-hydroxylation sites is 2. The fourth-order valence-corrected chi connectivity index (χ4v) is 1.41. The number of rotatable bonds is 2. The SMILES string of the molecule is NN(C(=O)Nc1ccccc1)c1ccccc1. The number of nitrogens with one attached hydrogen (secondary N) is 1. The van der Waals surface area contributed by atoms with E-state index in [0.717, 1.165) is 5.01 Å². The van der Waals surface area contributed by atoms with Crippen molar-refractivity contribution >= 4 is 17.4 Å². The van der Waals surface area contributed by atoms with Crippen LogP contribution in [0.5, 0.6) is 0 Å². The summed E-state index contributed by atoms with van der Waals surface area (Å²) in [5.41, 5.74) is 1.35. The van der Waals surface area contributed by atoms with Crippen molar-refractivity contribution < 1.29 is 4.79 Å². The van der Waals surface area contributed by atoms with E-state index in [1.54, 1.807) is 24.3 Å². The monoisotopic (exact) mass is 227 g/mol. The van der Waals surface area contributed by atoms with Gasteiger partial charge in [-0.1, -0.05) is 36.4 Å². The van der Waals surface area contributed by atoms with Crippen LogP contribution in [0.2, 0.25) is 0 Å². The van der Waals surface area contributed by atoms with Gasteiger partial charge in [-0.3, -0.25) is 0 Å². The summed E-state index contributed by atoms with van der Waals surface area (Å²) in [6.07, 6.45) is 0. The molecule has 0 radical (unpaired) electrons. The Balaban J connectivity index is 2.06. The minimum atomic E-state index is -0.373. The second-order valence-corrected chi connectivity index (χ2v) is 3.50. The molecule has 0 unspecified atom stereocenters. The van der Waals surface area contributed by atoms with Crippen molar-refractivity contribution in [3.05, 3.63) is 60.7 Å². The molecule has 0 atom stereocenters. The highest BCUT2D eigenvalue weighted by Gasteiger charge is 2.10. The lowest BCUT2D eigenvalue weighted by Crippen LogP contribution is -2.40. The number of nitrogens with zero attached hydrogens (tertiary/aromatic N) is 1. The van der Waals surface area contributed by atoms with Crippen LogP contribution in [0, 0.1) is 0 Å². The Bertz CT molecular complexity index is 485. The summed E-state index contributed by atoms with van der Waals surface area (Å²) in [5.74, 6) is 5.71. The van der Waals surface area contributed by atoms with E-state index in [0.29, 0.717) is 11.4 Å². The molecule has 0 aromatic heterocycles. The summed E-state index contributed by atoms with van der Waals surface area (Å²) in [6.45, 7) is 0. The maximum absolute atomic E-state index is 11.8. The van der Waals surface area contributed by atoms with E-state index in [-0.39, 0.29) is 6.03 Å². The van der Waals surface area contributed by atoms with E-state index < -0.39 is 0 Å². The second-order valence-electron chi connectivity index (χ2n) is 3.50. The highest BCUT2D eigenvalue weighted by molar-refractivity contribution is 6.00. The van der Waals surface area contributed by atoms with Crippen molar-refractivity contribution in [1.29, 1.82) is 0 Å². The van der Waals surface area contributed by atoms with E-state index in [4.69, 9.17) is 5.84 Å². The molecule has 2 aromatic carbocycles. The lowest BCUT2D eigenvalue weighted by Gasteiger charge is -2.17. The van der Waals surface area contributed by atoms with Gasteiger partial charge in [-0.05, 0) is 24.3 Å². The smallest absolute Gasteiger partial charge is 0.306 e. The number of benzene rings is 2. The van der Waals surface area contributed by atoms with Crippen molar-refractivity contribution in [2.24, 2.45) is 5.84 Å². The van der Waals surface area contributed by atoms with Crippen molar-refractivity contribution in [2.75, 3.05) is 10.3 Å². The van der Waals surface area contributed by atoms with Crippen molar-refractivity contribution in [3.63, 3.8) is 0 Å². The second kappa shape index (κ2) is 5.14. The highest BCUT2D eigenvalue weighted by atomic mass is 16.2. The third-order valence-corrected chi connectivity index (χ3v) is 2.28. The normalized spacial score (nSPS) is 9.71. The van der Waals surface area contributed by atoms with Crippen LogP contribution in [0.1, 0.15) is 0 Å². The van der Waals surface area contributed by atoms with Crippen LogP contribution < -0.4 is 16.2 Å². The van der Waals surface area contributed by atoms with Gasteiger partial charge in [-0.2, -0.15) is 0 Å². The molecular weight excluding hydrogens is 214 g/mol. The molecule has 0 bridgehead atoms. The average Bonchev–Trinajstić information content (AvgIpc) is 2.40. The first-order valence-corrected chi connectivity index (χ1v) is 5.23. The molecule has 4 nitrogen and oxygen atoms in total. The Morgan fingerprint density at radius 2 is 1.47 bits per heavy atom. The molecule has 2 aromatic rings. The number of amides is 2. The predicted molar refractivity (Wildman–Crippen MR) is 68.6 cm³/mol. The summed E-state index contributed by atoms with van der Waals surface area (Å²) in [6, 6.07) is 17.9. The van der Waals surface area contributed by atoms with Gasteiger partial charge in [0.05, 0.1) is 5.69 Å². The Morgan fingerprint density at radius 1 is 0.941 bits per heavy atom. The third-order valence-electron chi connectivity index (χ3n) is 2.28. The number of hydrazine groups is 1. The molecule has 0 fully saturated rings. The molecule has 2 amide bonds. The van der Waals surface area contributed by atoms with E-state index in [2.05, 4.69) is 5.32 Å². The number of urea groups is 1. The zero-order valence-electron chi connectivity index (χ0n) is 9.21. The maximum atomic E-state index is 11.8. The fourth-order valence-electron chi connectivity index (χ4n) is 1.41. The number of hydrogen-bond donors (Lipinski definition) is 2. The quantitative estimate of drug-likeness (QED) is 0.470. The first-order valence-electron chi connectivity index (χ1n) is 5.23. The molecule has 0 aliphatic rings. The van der Waals surface area contributed by atoms with E-state index in [9.17, 15) is 4.79 Å². The molecule has 4 heteroatoms. The van der Waals surface area contributed by atoms with Gasteiger partial charge < -0.3 is 5.32 Å². The predicted octanol–water partition coefficient (Wildman–Crippen LogP) is 2.60. The number of anilines is 2. The van der Waals surface area contributed by atoms with Gasteiger partial charge in [0.2, 0.25) is 0 Å². The number of hydrogen-bond acceptors (Lipinski definition) is 2. The summed E-state index contributed by atoms with van der Waals surface area (Å²) in [5, 5.41) is 3.78. The summed E-state index contributed by atoms with van der Waals surface area (Å²) < 4.78 is 0. The Labute approximate surface area is 99.6 Å². The first-order chi connectivity index (χ1) is 8.27. The molecule has 0 saturated carbocycles. The van der Waals surface area contributed by atoms with E-state index in [1.807, 2.05) is 36.4 Å². The molecule has 0 aliphatic carbocycles. The van der Waals surface area contributed by atoms with Gasteiger partial charge in [-0.15, -0.1) is 0 Å². The van der Waals surface area contributed by atoms with E-state index in [1.165, 1.54) is 0 Å². The lowest BCUT2D eigenvalue weighted by atomic mass is 10.3. The Morgan fingerprint density at radius 3 is 2.06 bits per heavy atom. The maximum Gasteiger partial charge on any atom is 0.340 e. The van der Waals surface area contributed by atoms with Crippen LogP contribution in [0.3, 0.4) is 0 Å². The van der Waals surface area contributed by atoms with E-state index >= 15 is 0 Å². The molecule has 17 heavy (non-hydrogen) atoms. The molecule has 86 valence electrons. The largest absolute Gasteiger partial charge is 0.340 e. The summed E-state index contributed by atoms with van der Waals surface area (Å²) in [7, 11) is 0. The average molecular weight is 227 g/mol. The van der Waals surface area contributed by atoms with Crippen molar-refractivity contribution in [3.8, 4) is 0 Å². The standard InChI is InChI=1S/C13H13N3O/c14-16(12-9-5-2-6-10-12)13(17)15-11-7-3-1-4-8-11/h1-10H,14H2,(H,15,17). The van der Waals surface area contributed by atoms with Crippen LogP contribution in [-0.2, 0) is 0 Å². The Kier molecular flexibility index (Phi) is 3.37.